The van der Waals surface area contributed by atoms with E-state index < -0.39 is 17.2 Å². The summed E-state index contributed by atoms with van der Waals surface area (Å²) in [5.74, 6) is 0.459. The highest BCUT2D eigenvalue weighted by molar-refractivity contribution is 6.08. The van der Waals surface area contributed by atoms with Gasteiger partial charge in [0.25, 0.3) is 5.91 Å². The minimum absolute atomic E-state index is 0.0438. The Morgan fingerprint density at radius 1 is 1.48 bits per heavy atom. The monoisotopic (exact) mass is 317 g/mol. The number of aromatic hydroxyl groups is 1. The van der Waals surface area contributed by atoms with Crippen LogP contribution in [0.3, 0.4) is 0 Å². The van der Waals surface area contributed by atoms with Gasteiger partial charge in [-0.15, -0.1) is 0 Å². The highest BCUT2D eigenvalue weighted by Crippen LogP contribution is 2.53. The van der Waals surface area contributed by atoms with Gasteiger partial charge < -0.3 is 20.3 Å². The topological polar surface area (TPSA) is 97.4 Å². The maximum Gasteiger partial charge on any atom is 0.264 e. The van der Waals surface area contributed by atoms with Crippen molar-refractivity contribution in [2.75, 3.05) is 13.7 Å². The van der Waals surface area contributed by atoms with Crippen molar-refractivity contribution in [1.82, 2.24) is 4.90 Å². The number of phenolic OH excluding ortho intramolecular Hbond substituents is 1. The van der Waals surface area contributed by atoms with Gasteiger partial charge in [0.15, 0.2) is 5.96 Å². The van der Waals surface area contributed by atoms with Crippen LogP contribution in [0.5, 0.6) is 11.5 Å². The van der Waals surface area contributed by atoms with Crippen molar-refractivity contribution in [2.24, 2.45) is 10.7 Å². The lowest BCUT2D eigenvalue weighted by molar-refractivity contribution is -0.175. The Balaban J connectivity index is 2.02. The van der Waals surface area contributed by atoms with Crippen LogP contribution in [-0.4, -0.2) is 47.2 Å². The van der Waals surface area contributed by atoms with E-state index in [0.29, 0.717) is 17.9 Å². The molecule has 0 unspecified atom stereocenters. The minimum Gasteiger partial charge on any atom is -0.508 e. The van der Waals surface area contributed by atoms with Crippen molar-refractivity contribution in [3.8, 4) is 11.5 Å². The Hall–Kier alpha value is -2.28. The van der Waals surface area contributed by atoms with Gasteiger partial charge >= 0.3 is 0 Å². The number of likely N-dealkylation sites (N-methyl/N-ethyl adjacent to an activating group) is 1. The second-order valence-electron chi connectivity index (χ2n) is 6.55. The minimum atomic E-state index is -1.31. The number of hydrogen-bond acceptors (Lipinski definition) is 6. The number of carbonyl (C=O) groups excluding carboxylic acids is 1. The molecule has 3 atom stereocenters. The maximum absolute atomic E-state index is 13.1. The van der Waals surface area contributed by atoms with Gasteiger partial charge in [-0.1, -0.05) is 0 Å². The average molecular weight is 317 g/mol. The summed E-state index contributed by atoms with van der Waals surface area (Å²) in [7, 11) is 1.59. The van der Waals surface area contributed by atoms with Gasteiger partial charge in [-0.05, 0) is 38.0 Å². The van der Waals surface area contributed by atoms with Crippen LogP contribution in [0.25, 0.3) is 0 Å². The molecule has 0 aliphatic carbocycles. The molecule has 1 aromatic rings. The summed E-state index contributed by atoms with van der Waals surface area (Å²) in [5.41, 5.74) is 4.45. The predicted octanol–water partition coefficient (Wildman–Crippen LogP) is 0.704. The average Bonchev–Trinajstić information content (AvgIpc) is 2.74. The number of guanidine groups is 1. The summed E-state index contributed by atoms with van der Waals surface area (Å²) in [6, 6.07) is 4.72. The van der Waals surface area contributed by atoms with E-state index in [2.05, 4.69) is 4.99 Å². The summed E-state index contributed by atoms with van der Waals surface area (Å²) in [6.07, 6.45) is 1.01. The standard InChI is InChI=1S/C16H19N3O4/c1-15-6-3-7-22-12(15)16(13(21)19(2)14(17)18-16)10-8-9(20)4-5-11(10)23-15/h4-5,8,12,20H,3,6-7H2,1-2H3,(H2,17,18)/t12-,15-,16-/m0/s1. The normalized spacial score (nSPS) is 35.6. The van der Waals surface area contributed by atoms with Crippen LogP contribution < -0.4 is 10.5 Å². The van der Waals surface area contributed by atoms with Gasteiger partial charge in [-0.3, -0.25) is 9.69 Å². The summed E-state index contributed by atoms with van der Waals surface area (Å²) in [4.78, 5) is 18.9. The Labute approximate surface area is 133 Å². The molecule has 3 aliphatic heterocycles. The molecule has 3 aliphatic rings. The lowest BCUT2D eigenvalue weighted by Crippen LogP contribution is -2.64. The summed E-state index contributed by atoms with van der Waals surface area (Å²) in [5, 5.41) is 9.91. The van der Waals surface area contributed by atoms with E-state index in [1.165, 1.54) is 17.0 Å². The second-order valence-corrected chi connectivity index (χ2v) is 6.55. The predicted molar refractivity (Wildman–Crippen MR) is 82.2 cm³/mol. The fourth-order valence-corrected chi connectivity index (χ4v) is 3.91. The molecule has 0 aromatic heterocycles. The van der Waals surface area contributed by atoms with Crippen LogP contribution in [0.15, 0.2) is 23.2 Å². The molecule has 1 fully saturated rings. The molecule has 3 N–H and O–H groups in total. The maximum atomic E-state index is 13.1. The van der Waals surface area contributed by atoms with Gasteiger partial charge in [-0.2, -0.15) is 0 Å². The van der Waals surface area contributed by atoms with Crippen molar-refractivity contribution in [3.63, 3.8) is 0 Å². The molecular weight excluding hydrogens is 298 g/mol. The number of ether oxygens (including phenoxy) is 2. The van der Waals surface area contributed by atoms with Gasteiger partial charge in [0.2, 0.25) is 5.54 Å². The van der Waals surface area contributed by atoms with Gasteiger partial charge in [0, 0.05) is 19.2 Å². The van der Waals surface area contributed by atoms with E-state index in [4.69, 9.17) is 15.2 Å². The number of rotatable bonds is 0. The molecule has 7 heteroatoms. The number of aliphatic imine (C=N–C) groups is 1. The number of nitrogens with zero attached hydrogens (tertiary/aromatic N) is 2. The first-order chi connectivity index (χ1) is 10.9. The summed E-state index contributed by atoms with van der Waals surface area (Å²) >= 11 is 0. The fourth-order valence-electron chi connectivity index (χ4n) is 3.91. The van der Waals surface area contributed by atoms with E-state index in [-0.39, 0.29) is 17.6 Å². The lowest BCUT2D eigenvalue weighted by Gasteiger charge is -2.51. The third-order valence-electron chi connectivity index (χ3n) is 5.02. The van der Waals surface area contributed by atoms with Crippen molar-refractivity contribution < 1.29 is 19.4 Å². The number of amides is 1. The van der Waals surface area contributed by atoms with Crippen LogP contribution in [0.1, 0.15) is 25.3 Å². The highest BCUT2D eigenvalue weighted by Gasteiger charge is 2.65. The Morgan fingerprint density at radius 3 is 2.96 bits per heavy atom. The second kappa shape index (κ2) is 4.38. The highest BCUT2D eigenvalue weighted by atomic mass is 16.6. The molecule has 4 rings (SSSR count). The lowest BCUT2D eigenvalue weighted by atomic mass is 9.71. The van der Waals surface area contributed by atoms with Gasteiger partial charge in [0.1, 0.15) is 23.2 Å². The van der Waals surface area contributed by atoms with Crippen LogP contribution in [-0.2, 0) is 15.1 Å². The fraction of sp³-hybridized carbons (Fsp3) is 0.500. The van der Waals surface area contributed by atoms with Crippen LogP contribution in [0, 0.1) is 0 Å². The quantitative estimate of drug-likeness (QED) is 0.734. The largest absolute Gasteiger partial charge is 0.508 e. The van der Waals surface area contributed by atoms with Crippen molar-refractivity contribution in [2.45, 2.75) is 37.0 Å². The van der Waals surface area contributed by atoms with Crippen LogP contribution in [0.4, 0.5) is 0 Å². The van der Waals surface area contributed by atoms with Crippen molar-refractivity contribution >= 4 is 11.9 Å². The van der Waals surface area contributed by atoms with Crippen LogP contribution >= 0.6 is 0 Å². The first-order valence-electron chi connectivity index (χ1n) is 7.66. The molecular formula is C16H19N3O4. The smallest absolute Gasteiger partial charge is 0.264 e. The van der Waals surface area contributed by atoms with E-state index in [1.54, 1.807) is 13.1 Å². The zero-order chi connectivity index (χ0) is 16.4. The third-order valence-corrected chi connectivity index (χ3v) is 5.02. The Morgan fingerprint density at radius 2 is 2.26 bits per heavy atom. The molecule has 1 saturated heterocycles. The summed E-state index contributed by atoms with van der Waals surface area (Å²) in [6.45, 7) is 2.47. The molecule has 0 saturated carbocycles. The third kappa shape index (κ3) is 1.68. The molecule has 122 valence electrons. The van der Waals surface area contributed by atoms with Gasteiger partial charge in [-0.25, -0.2) is 4.99 Å². The Bertz CT molecular complexity index is 734. The van der Waals surface area contributed by atoms with E-state index >= 15 is 0 Å². The van der Waals surface area contributed by atoms with Crippen molar-refractivity contribution in [1.29, 1.82) is 0 Å². The zero-order valence-electron chi connectivity index (χ0n) is 13.1. The van der Waals surface area contributed by atoms with E-state index in [0.717, 1.165) is 12.8 Å². The number of carbonyl (C=O) groups is 1. The molecule has 1 aromatic carbocycles. The Kier molecular flexibility index (Phi) is 2.73. The van der Waals surface area contributed by atoms with Crippen molar-refractivity contribution in [3.05, 3.63) is 23.8 Å². The summed E-state index contributed by atoms with van der Waals surface area (Å²) < 4.78 is 12.1. The van der Waals surface area contributed by atoms with Gasteiger partial charge in [0.05, 0.1) is 0 Å². The van der Waals surface area contributed by atoms with E-state index in [1.807, 2.05) is 6.92 Å². The van der Waals surface area contributed by atoms with Crippen LogP contribution in [0.2, 0.25) is 0 Å². The first-order valence-corrected chi connectivity index (χ1v) is 7.66. The molecule has 3 heterocycles. The number of benzene rings is 1. The zero-order valence-corrected chi connectivity index (χ0v) is 13.1. The SMILES string of the molecule is CN1C(=O)[C@]2(N=C1N)c1cc(O)ccc1O[C@@]1(C)CCCO[C@@H]12. The number of hydrogen-bond donors (Lipinski definition) is 2. The molecule has 7 nitrogen and oxygen atoms in total. The molecule has 1 amide bonds. The molecule has 23 heavy (non-hydrogen) atoms. The number of phenols is 1. The van der Waals surface area contributed by atoms with E-state index in [9.17, 15) is 9.90 Å². The molecule has 0 bridgehead atoms. The first kappa shape index (κ1) is 14.3. The molecule has 1 spiro atoms. The molecule has 0 radical (unpaired) electrons. The number of nitrogens with two attached hydrogens (primary N) is 1. The number of fused-ring (bicyclic) bond motifs is 4.